The molecule has 2 aromatic carbocycles. The largest absolute Gasteiger partial charge is 0.497 e. The number of carbonyl (C=O) groups is 1. The van der Waals surface area contributed by atoms with Gasteiger partial charge in [-0.3, -0.25) is 4.79 Å². The molecule has 0 heterocycles. The van der Waals surface area contributed by atoms with E-state index in [0.29, 0.717) is 12.2 Å². The minimum absolute atomic E-state index is 0.0262. The van der Waals surface area contributed by atoms with Crippen molar-refractivity contribution < 1.29 is 27.4 Å². The van der Waals surface area contributed by atoms with Gasteiger partial charge in [-0.25, -0.2) is 0 Å². The van der Waals surface area contributed by atoms with Crippen molar-refractivity contribution >= 4 is 5.91 Å². The lowest BCUT2D eigenvalue weighted by Crippen LogP contribution is -2.39. The summed E-state index contributed by atoms with van der Waals surface area (Å²) in [6.45, 7) is 3.81. The molecule has 0 saturated heterocycles. The Morgan fingerprint density at radius 3 is 2.47 bits per heavy atom. The number of hydrogen-bond donors (Lipinski definition) is 2. The van der Waals surface area contributed by atoms with Crippen LogP contribution in [-0.4, -0.2) is 19.1 Å². The summed E-state index contributed by atoms with van der Waals surface area (Å²) in [6.07, 6.45) is -5.14. The van der Waals surface area contributed by atoms with Crippen LogP contribution in [-0.2, 0) is 24.1 Å². The smallest absolute Gasteiger partial charge is 0.416 e. The van der Waals surface area contributed by atoms with E-state index in [4.69, 9.17) is 15.2 Å². The molecule has 0 bridgehead atoms. The fourth-order valence-corrected chi connectivity index (χ4v) is 2.96. The maximum atomic E-state index is 13.3. The predicted octanol–water partition coefficient (Wildman–Crippen LogP) is 4.28. The SMILES string of the molecule is COc1cccc(CNC(=O)C(CC(C)C)Oc2ccc(CN)c(C(F)(F)F)c2)c1. The Hall–Kier alpha value is -2.74. The number of rotatable bonds is 9. The minimum Gasteiger partial charge on any atom is -0.497 e. The highest BCUT2D eigenvalue weighted by Crippen LogP contribution is 2.34. The summed E-state index contributed by atoms with van der Waals surface area (Å²) in [7, 11) is 1.55. The van der Waals surface area contributed by atoms with Crippen LogP contribution in [0.5, 0.6) is 11.5 Å². The highest BCUT2D eigenvalue weighted by molar-refractivity contribution is 5.81. The van der Waals surface area contributed by atoms with Crippen LogP contribution in [0.4, 0.5) is 13.2 Å². The van der Waals surface area contributed by atoms with E-state index in [9.17, 15) is 18.0 Å². The maximum absolute atomic E-state index is 13.3. The number of methoxy groups -OCH3 is 1. The molecule has 5 nitrogen and oxygen atoms in total. The van der Waals surface area contributed by atoms with Gasteiger partial charge in [-0.05, 0) is 47.7 Å². The van der Waals surface area contributed by atoms with Crippen LogP contribution in [0.3, 0.4) is 0 Å². The van der Waals surface area contributed by atoms with Crippen molar-refractivity contribution in [3.05, 3.63) is 59.2 Å². The lowest BCUT2D eigenvalue weighted by atomic mass is 10.0. The molecule has 1 amide bonds. The first kappa shape index (κ1) is 23.5. The number of amides is 1. The van der Waals surface area contributed by atoms with E-state index in [1.165, 1.54) is 12.1 Å². The van der Waals surface area contributed by atoms with E-state index in [2.05, 4.69) is 5.32 Å². The van der Waals surface area contributed by atoms with Gasteiger partial charge < -0.3 is 20.5 Å². The highest BCUT2D eigenvalue weighted by Gasteiger charge is 2.34. The molecule has 0 spiro atoms. The second-order valence-electron chi connectivity index (χ2n) is 7.33. The van der Waals surface area contributed by atoms with Crippen molar-refractivity contribution in [3.63, 3.8) is 0 Å². The summed E-state index contributed by atoms with van der Waals surface area (Å²) >= 11 is 0. The molecule has 0 radical (unpaired) electrons. The Balaban J connectivity index is 2.16. The zero-order valence-electron chi connectivity index (χ0n) is 17.3. The van der Waals surface area contributed by atoms with E-state index < -0.39 is 23.8 Å². The summed E-state index contributed by atoms with van der Waals surface area (Å²) in [4.78, 5) is 12.7. The summed E-state index contributed by atoms with van der Waals surface area (Å²) in [5, 5.41) is 2.78. The predicted molar refractivity (Wildman–Crippen MR) is 108 cm³/mol. The van der Waals surface area contributed by atoms with Gasteiger partial charge in [0.1, 0.15) is 11.5 Å². The average Bonchev–Trinajstić information content (AvgIpc) is 2.70. The van der Waals surface area contributed by atoms with Crippen LogP contribution >= 0.6 is 0 Å². The molecular formula is C22H27F3N2O3. The molecule has 0 fully saturated rings. The van der Waals surface area contributed by atoms with Gasteiger partial charge in [0.2, 0.25) is 0 Å². The monoisotopic (exact) mass is 424 g/mol. The lowest BCUT2D eigenvalue weighted by molar-refractivity contribution is -0.138. The van der Waals surface area contributed by atoms with Crippen LogP contribution in [0.25, 0.3) is 0 Å². The summed E-state index contributed by atoms with van der Waals surface area (Å²) in [5.74, 6) is 0.337. The van der Waals surface area contributed by atoms with Crippen LogP contribution in [0, 0.1) is 5.92 Å². The fourth-order valence-electron chi connectivity index (χ4n) is 2.96. The normalized spacial score (nSPS) is 12.5. The number of hydrogen-bond acceptors (Lipinski definition) is 4. The third kappa shape index (κ3) is 6.66. The Kier molecular flexibility index (Phi) is 8.11. The lowest BCUT2D eigenvalue weighted by Gasteiger charge is -2.22. The van der Waals surface area contributed by atoms with Gasteiger partial charge in [0.15, 0.2) is 6.10 Å². The minimum atomic E-state index is -4.56. The number of nitrogens with one attached hydrogen (secondary N) is 1. The first-order valence-electron chi connectivity index (χ1n) is 9.61. The Morgan fingerprint density at radius 2 is 1.87 bits per heavy atom. The number of halogens is 3. The number of nitrogens with two attached hydrogens (primary N) is 1. The molecule has 164 valence electrons. The molecule has 0 aliphatic rings. The first-order chi connectivity index (χ1) is 14.1. The second kappa shape index (κ2) is 10.3. The Bertz CT molecular complexity index is 854. The summed E-state index contributed by atoms with van der Waals surface area (Å²) < 4.78 is 50.7. The van der Waals surface area contributed by atoms with Gasteiger partial charge in [0.25, 0.3) is 5.91 Å². The van der Waals surface area contributed by atoms with Crippen molar-refractivity contribution in [2.75, 3.05) is 7.11 Å². The zero-order chi connectivity index (χ0) is 22.3. The van der Waals surface area contributed by atoms with Gasteiger partial charge in [-0.1, -0.05) is 32.0 Å². The molecule has 3 N–H and O–H groups in total. The first-order valence-corrected chi connectivity index (χ1v) is 9.61. The Labute approximate surface area is 174 Å². The number of ether oxygens (including phenoxy) is 2. The van der Waals surface area contributed by atoms with Crippen molar-refractivity contribution in [1.82, 2.24) is 5.32 Å². The molecule has 2 aromatic rings. The molecule has 1 atom stereocenters. The highest BCUT2D eigenvalue weighted by atomic mass is 19.4. The van der Waals surface area contributed by atoms with Gasteiger partial charge >= 0.3 is 6.18 Å². The van der Waals surface area contributed by atoms with Gasteiger partial charge in [-0.15, -0.1) is 0 Å². The Morgan fingerprint density at radius 1 is 1.13 bits per heavy atom. The zero-order valence-corrected chi connectivity index (χ0v) is 17.3. The van der Waals surface area contributed by atoms with E-state index in [1.807, 2.05) is 19.9 Å². The molecular weight excluding hydrogens is 397 g/mol. The van der Waals surface area contributed by atoms with Crippen molar-refractivity contribution in [2.45, 2.75) is 45.6 Å². The second-order valence-corrected chi connectivity index (χ2v) is 7.33. The molecule has 8 heteroatoms. The van der Waals surface area contributed by atoms with Crippen molar-refractivity contribution in [2.24, 2.45) is 11.7 Å². The molecule has 1 unspecified atom stereocenters. The third-order valence-electron chi connectivity index (χ3n) is 4.46. The van der Waals surface area contributed by atoms with Gasteiger partial charge in [-0.2, -0.15) is 13.2 Å². The number of carbonyl (C=O) groups excluding carboxylic acids is 1. The molecule has 30 heavy (non-hydrogen) atoms. The van der Waals surface area contributed by atoms with Crippen LogP contribution in [0.1, 0.15) is 37.0 Å². The van der Waals surface area contributed by atoms with E-state index in [0.717, 1.165) is 11.6 Å². The van der Waals surface area contributed by atoms with Crippen LogP contribution in [0.2, 0.25) is 0 Å². The number of benzene rings is 2. The molecule has 0 aliphatic heterocycles. The van der Waals surface area contributed by atoms with Crippen molar-refractivity contribution in [1.29, 1.82) is 0 Å². The van der Waals surface area contributed by atoms with E-state index >= 15 is 0 Å². The van der Waals surface area contributed by atoms with E-state index in [1.54, 1.807) is 25.3 Å². The molecule has 0 saturated carbocycles. The van der Waals surface area contributed by atoms with Gasteiger partial charge in [0.05, 0.1) is 12.7 Å². The quantitative estimate of drug-likeness (QED) is 0.630. The maximum Gasteiger partial charge on any atom is 0.416 e. The molecule has 0 aliphatic carbocycles. The van der Waals surface area contributed by atoms with Gasteiger partial charge in [0, 0.05) is 13.1 Å². The molecule has 0 aromatic heterocycles. The van der Waals surface area contributed by atoms with Crippen molar-refractivity contribution in [3.8, 4) is 11.5 Å². The third-order valence-corrected chi connectivity index (χ3v) is 4.46. The molecule has 2 rings (SSSR count). The topological polar surface area (TPSA) is 73.6 Å². The standard InChI is InChI=1S/C22H27F3N2O3/c1-14(2)9-20(21(28)27-13-15-5-4-6-17(10-15)29-3)30-18-8-7-16(12-26)19(11-18)22(23,24)25/h4-8,10-11,14,20H,9,12-13,26H2,1-3H3,(H,27,28). The van der Waals surface area contributed by atoms with Crippen LogP contribution < -0.4 is 20.5 Å². The summed E-state index contributed by atoms with van der Waals surface area (Å²) in [5.41, 5.74) is 5.36. The number of alkyl halides is 3. The fraction of sp³-hybridized carbons (Fsp3) is 0.409. The average molecular weight is 424 g/mol. The van der Waals surface area contributed by atoms with Crippen LogP contribution in [0.15, 0.2) is 42.5 Å². The summed E-state index contributed by atoms with van der Waals surface area (Å²) in [6, 6.07) is 10.8. The van der Waals surface area contributed by atoms with E-state index in [-0.39, 0.29) is 30.3 Å².